The summed E-state index contributed by atoms with van der Waals surface area (Å²) < 4.78 is 16.4. The van der Waals surface area contributed by atoms with Gasteiger partial charge in [0.15, 0.2) is 9.52 Å². The maximum Gasteiger partial charge on any atom is 0.329 e. The highest BCUT2D eigenvalue weighted by Gasteiger charge is 2.18. The van der Waals surface area contributed by atoms with Crippen molar-refractivity contribution < 1.29 is 19.0 Å². The molecular formula is C15H28O4Si. The lowest BCUT2D eigenvalue weighted by Gasteiger charge is -2.18. The number of carbonyl (C=O) groups is 1. The lowest BCUT2D eigenvalue weighted by molar-refractivity contribution is -0.138. The summed E-state index contributed by atoms with van der Waals surface area (Å²) in [5.74, 6) is -0.705. The highest BCUT2D eigenvalue weighted by molar-refractivity contribution is 6.53. The zero-order valence-corrected chi connectivity index (χ0v) is 14.1. The average molecular weight is 300 g/mol. The van der Waals surface area contributed by atoms with Gasteiger partial charge in [-0.3, -0.25) is 0 Å². The Hall–Kier alpha value is -0.653. The SMILES string of the molecule is C=C([Si]C(OCCCC)OCCCC)C(=O)OCCC. The zero-order valence-electron chi connectivity index (χ0n) is 13.1. The van der Waals surface area contributed by atoms with Gasteiger partial charge in [-0.25, -0.2) is 4.79 Å². The van der Waals surface area contributed by atoms with Crippen LogP contribution in [-0.2, 0) is 19.0 Å². The number of carbonyl (C=O) groups excluding carboxylic acids is 1. The largest absolute Gasteiger partial charge is 0.463 e. The van der Waals surface area contributed by atoms with Crippen LogP contribution in [0.3, 0.4) is 0 Å². The third kappa shape index (κ3) is 10.2. The molecule has 0 fully saturated rings. The Morgan fingerprint density at radius 3 is 2.00 bits per heavy atom. The van der Waals surface area contributed by atoms with Crippen molar-refractivity contribution in [3.63, 3.8) is 0 Å². The van der Waals surface area contributed by atoms with Gasteiger partial charge in [-0.2, -0.15) is 0 Å². The van der Waals surface area contributed by atoms with E-state index in [1.807, 2.05) is 6.92 Å². The Morgan fingerprint density at radius 2 is 1.55 bits per heavy atom. The first-order valence-corrected chi connectivity index (χ1v) is 8.59. The summed E-state index contributed by atoms with van der Waals surface area (Å²) in [6, 6.07) is 0. The van der Waals surface area contributed by atoms with E-state index in [-0.39, 0.29) is 21.4 Å². The standard InChI is InChI=1S/C15H28O4Si/c1-5-8-11-18-15(19-12-9-6-2)20-13(4)14(16)17-10-7-3/h15H,4-12H2,1-3H3. The molecule has 0 saturated carbocycles. The molecule has 0 aromatic rings. The van der Waals surface area contributed by atoms with Crippen LogP contribution in [0, 0.1) is 0 Å². The number of hydrogen-bond acceptors (Lipinski definition) is 4. The van der Waals surface area contributed by atoms with Crippen molar-refractivity contribution in [3.05, 3.63) is 11.8 Å². The average Bonchev–Trinajstić information content (AvgIpc) is 2.44. The predicted molar refractivity (Wildman–Crippen MR) is 81.7 cm³/mol. The van der Waals surface area contributed by atoms with Gasteiger partial charge in [0.05, 0.1) is 6.61 Å². The van der Waals surface area contributed by atoms with Gasteiger partial charge >= 0.3 is 5.97 Å². The second-order valence-corrected chi connectivity index (χ2v) is 5.90. The normalized spacial score (nSPS) is 10.8. The lowest BCUT2D eigenvalue weighted by Crippen LogP contribution is -2.30. The first-order valence-electron chi connectivity index (χ1n) is 7.51. The van der Waals surface area contributed by atoms with Gasteiger partial charge in [0, 0.05) is 18.4 Å². The fraction of sp³-hybridized carbons (Fsp3) is 0.800. The Morgan fingerprint density at radius 1 is 1.00 bits per heavy atom. The van der Waals surface area contributed by atoms with Crippen LogP contribution in [0.25, 0.3) is 0 Å². The molecule has 0 bridgehead atoms. The quantitative estimate of drug-likeness (QED) is 0.172. The first kappa shape index (κ1) is 19.3. The van der Waals surface area contributed by atoms with Crippen LogP contribution in [0.15, 0.2) is 11.8 Å². The monoisotopic (exact) mass is 300 g/mol. The van der Waals surface area contributed by atoms with Crippen LogP contribution >= 0.6 is 0 Å². The van der Waals surface area contributed by atoms with Crippen LogP contribution in [0.4, 0.5) is 0 Å². The maximum atomic E-state index is 11.7. The summed E-state index contributed by atoms with van der Waals surface area (Å²) in [4.78, 5) is 11.7. The second kappa shape index (κ2) is 13.3. The van der Waals surface area contributed by atoms with E-state index < -0.39 is 0 Å². The van der Waals surface area contributed by atoms with E-state index in [0.29, 0.717) is 25.0 Å². The second-order valence-electron chi connectivity index (χ2n) is 4.54. The molecular weight excluding hydrogens is 272 g/mol. The number of ether oxygens (including phenoxy) is 3. The summed E-state index contributed by atoms with van der Waals surface area (Å²) in [5.41, 5.74) is 0. The molecule has 2 radical (unpaired) electrons. The van der Waals surface area contributed by atoms with Crippen molar-refractivity contribution in [3.8, 4) is 0 Å². The van der Waals surface area contributed by atoms with E-state index in [2.05, 4.69) is 20.4 Å². The highest BCUT2D eigenvalue weighted by Crippen LogP contribution is 2.04. The molecule has 0 aliphatic carbocycles. The molecule has 0 unspecified atom stereocenters. The summed E-state index contributed by atoms with van der Waals surface area (Å²) >= 11 is 0. The molecule has 0 aromatic heterocycles. The first-order chi connectivity index (χ1) is 9.65. The Bertz CT molecular complexity index is 259. The molecule has 0 amide bonds. The number of unbranched alkanes of at least 4 members (excludes halogenated alkanes) is 2. The van der Waals surface area contributed by atoms with Gasteiger partial charge < -0.3 is 14.2 Å². The van der Waals surface area contributed by atoms with Crippen LogP contribution in [0.5, 0.6) is 0 Å². The molecule has 116 valence electrons. The third-order valence-electron chi connectivity index (χ3n) is 2.51. The molecule has 4 nitrogen and oxygen atoms in total. The summed E-state index contributed by atoms with van der Waals surface area (Å²) in [6.45, 7) is 11.7. The van der Waals surface area contributed by atoms with Crippen LogP contribution < -0.4 is 0 Å². The molecule has 0 spiro atoms. The molecule has 0 heterocycles. The molecule has 0 aromatic carbocycles. The van der Waals surface area contributed by atoms with Gasteiger partial charge in [0.1, 0.15) is 5.91 Å². The van der Waals surface area contributed by atoms with E-state index >= 15 is 0 Å². The molecule has 0 rings (SSSR count). The molecule has 20 heavy (non-hydrogen) atoms. The van der Waals surface area contributed by atoms with Crippen molar-refractivity contribution in [2.75, 3.05) is 19.8 Å². The summed E-state index contributed by atoms with van der Waals surface area (Å²) in [6.07, 6.45) is 4.94. The van der Waals surface area contributed by atoms with E-state index in [1.54, 1.807) is 0 Å². The minimum absolute atomic E-state index is 0.0978. The van der Waals surface area contributed by atoms with Crippen molar-refractivity contribution in [2.45, 2.75) is 58.8 Å². The van der Waals surface area contributed by atoms with Crippen molar-refractivity contribution in [1.82, 2.24) is 0 Å². The van der Waals surface area contributed by atoms with Crippen molar-refractivity contribution in [1.29, 1.82) is 0 Å². The van der Waals surface area contributed by atoms with E-state index in [1.165, 1.54) is 0 Å². The molecule has 0 aliphatic heterocycles. The minimum Gasteiger partial charge on any atom is -0.463 e. The van der Waals surface area contributed by atoms with Crippen molar-refractivity contribution >= 4 is 15.5 Å². The van der Waals surface area contributed by atoms with Crippen molar-refractivity contribution in [2.24, 2.45) is 0 Å². The number of hydrogen-bond donors (Lipinski definition) is 0. The van der Waals surface area contributed by atoms with Crippen LogP contribution in [0.1, 0.15) is 52.9 Å². The van der Waals surface area contributed by atoms with E-state index in [0.717, 1.165) is 32.1 Å². The number of esters is 1. The smallest absolute Gasteiger partial charge is 0.329 e. The molecule has 0 N–H and O–H groups in total. The Kier molecular flexibility index (Phi) is 12.9. The van der Waals surface area contributed by atoms with Gasteiger partial charge in [0.2, 0.25) is 0 Å². The number of rotatable bonds is 13. The van der Waals surface area contributed by atoms with Gasteiger partial charge in [-0.1, -0.05) is 40.2 Å². The highest BCUT2D eigenvalue weighted by atomic mass is 28.2. The fourth-order valence-electron chi connectivity index (χ4n) is 1.28. The predicted octanol–water partition coefficient (Wildman–Crippen LogP) is 3.07. The van der Waals surface area contributed by atoms with Crippen LogP contribution in [0.2, 0.25) is 0 Å². The molecule has 5 heteroatoms. The lowest BCUT2D eigenvalue weighted by atomic mass is 10.4. The third-order valence-corrected chi connectivity index (χ3v) is 3.63. The summed E-state index contributed by atoms with van der Waals surface area (Å²) in [7, 11) is 0.0978. The zero-order chi connectivity index (χ0) is 15.2. The summed E-state index contributed by atoms with van der Waals surface area (Å²) in [5, 5.41) is 0.441. The van der Waals surface area contributed by atoms with E-state index in [4.69, 9.17) is 14.2 Å². The van der Waals surface area contributed by atoms with Gasteiger partial charge in [-0.05, 0) is 19.3 Å². The van der Waals surface area contributed by atoms with Gasteiger partial charge in [0.25, 0.3) is 0 Å². The Balaban J connectivity index is 4.15. The minimum atomic E-state index is -0.366. The van der Waals surface area contributed by atoms with Gasteiger partial charge in [-0.15, -0.1) is 0 Å². The van der Waals surface area contributed by atoms with E-state index in [9.17, 15) is 4.79 Å². The maximum absolute atomic E-state index is 11.7. The fourth-order valence-corrected chi connectivity index (χ4v) is 2.16. The molecule has 0 atom stereocenters. The topological polar surface area (TPSA) is 44.8 Å². The Labute approximate surface area is 125 Å². The molecule has 0 saturated heterocycles. The van der Waals surface area contributed by atoms with Crippen LogP contribution in [-0.4, -0.2) is 41.2 Å². The molecule has 0 aliphatic rings.